The number of anilines is 1. The van der Waals surface area contributed by atoms with Gasteiger partial charge < -0.3 is 24.1 Å². The van der Waals surface area contributed by atoms with E-state index in [0.717, 1.165) is 26.1 Å². The van der Waals surface area contributed by atoms with E-state index in [1.807, 2.05) is 4.90 Å². The van der Waals surface area contributed by atoms with E-state index in [-0.39, 0.29) is 11.5 Å². The van der Waals surface area contributed by atoms with Crippen molar-refractivity contribution >= 4 is 29.0 Å². The first-order valence-electron chi connectivity index (χ1n) is 9.54. The lowest BCUT2D eigenvalue weighted by atomic mass is 10.3. The second-order valence-electron chi connectivity index (χ2n) is 6.88. The highest BCUT2D eigenvalue weighted by atomic mass is 32.1. The quantitative estimate of drug-likeness (QED) is 0.536. The Morgan fingerprint density at radius 2 is 1.87 bits per heavy atom. The lowest BCUT2D eigenvalue weighted by molar-refractivity contribution is -0.274. The fourth-order valence-corrected chi connectivity index (χ4v) is 3.47. The molecule has 1 aromatic carbocycles. The summed E-state index contributed by atoms with van der Waals surface area (Å²) in [6.07, 6.45) is -3.86. The summed E-state index contributed by atoms with van der Waals surface area (Å²) in [5.74, 6) is 0.0482. The van der Waals surface area contributed by atoms with Crippen molar-refractivity contribution in [2.75, 3.05) is 38.6 Å². The summed E-state index contributed by atoms with van der Waals surface area (Å²) in [5.41, 5.74) is 0.576. The first-order valence-corrected chi connectivity index (χ1v) is 9.95. The van der Waals surface area contributed by atoms with Crippen LogP contribution in [0.15, 0.2) is 40.8 Å². The van der Waals surface area contributed by atoms with Crippen molar-refractivity contribution in [3.05, 3.63) is 47.9 Å². The number of hydrogen-bond donors (Lipinski definition) is 1. The third kappa shape index (κ3) is 6.86. The monoisotopic (exact) mass is 457 g/mol. The standard InChI is InChI=1S/C20H22F3N3O4S/c1-28-18(27)17-8-7-16(29-17)13-25-9-2-10-26(12-11-25)19(31)24-14-3-5-15(6-4-14)30-20(21,22)23/h3-8H,2,9-13H2,1H3,(H,24,31). The summed E-state index contributed by atoms with van der Waals surface area (Å²) in [5, 5.41) is 3.55. The molecule has 2 aromatic rings. The maximum Gasteiger partial charge on any atom is 0.573 e. The molecule has 168 valence electrons. The first kappa shape index (κ1) is 22.9. The van der Waals surface area contributed by atoms with Crippen LogP contribution in [-0.4, -0.2) is 60.5 Å². The number of furan rings is 1. The van der Waals surface area contributed by atoms with E-state index in [1.54, 1.807) is 12.1 Å². The Morgan fingerprint density at radius 1 is 1.13 bits per heavy atom. The van der Waals surface area contributed by atoms with E-state index < -0.39 is 12.3 Å². The molecule has 0 aliphatic carbocycles. The third-order valence-corrected chi connectivity index (χ3v) is 5.00. The fraction of sp³-hybridized carbons (Fsp3) is 0.400. The molecule has 0 radical (unpaired) electrons. The van der Waals surface area contributed by atoms with Gasteiger partial charge in [-0.15, -0.1) is 13.2 Å². The van der Waals surface area contributed by atoms with Gasteiger partial charge in [0.2, 0.25) is 5.76 Å². The number of thiocarbonyl (C=S) groups is 1. The minimum absolute atomic E-state index is 0.172. The minimum Gasteiger partial charge on any atom is -0.463 e. The number of halogens is 3. The lowest BCUT2D eigenvalue weighted by Crippen LogP contribution is -2.37. The Kier molecular flexibility index (Phi) is 7.39. The molecule has 1 saturated heterocycles. The highest BCUT2D eigenvalue weighted by Gasteiger charge is 2.31. The lowest BCUT2D eigenvalue weighted by Gasteiger charge is -2.24. The van der Waals surface area contributed by atoms with E-state index in [1.165, 1.54) is 31.4 Å². The van der Waals surface area contributed by atoms with E-state index in [2.05, 4.69) is 19.7 Å². The van der Waals surface area contributed by atoms with Crippen LogP contribution >= 0.6 is 12.2 Å². The summed E-state index contributed by atoms with van der Waals surface area (Å²) in [4.78, 5) is 15.7. The molecule has 0 unspecified atom stereocenters. The van der Waals surface area contributed by atoms with Gasteiger partial charge in [0.1, 0.15) is 11.5 Å². The largest absolute Gasteiger partial charge is 0.573 e. The molecular weight excluding hydrogens is 435 g/mol. The first-order chi connectivity index (χ1) is 14.7. The SMILES string of the molecule is COC(=O)c1ccc(CN2CCCN(C(=S)Nc3ccc(OC(F)(F)F)cc3)CC2)o1. The Labute approximate surface area is 182 Å². The fourth-order valence-electron chi connectivity index (χ4n) is 3.17. The summed E-state index contributed by atoms with van der Waals surface area (Å²) in [7, 11) is 1.30. The molecule has 1 aliphatic rings. The van der Waals surface area contributed by atoms with Crippen LogP contribution < -0.4 is 10.1 Å². The number of nitrogens with zero attached hydrogens (tertiary/aromatic N) is 2. The number of esters is 1. The zero-order chi connectivity index (χ0) is 22.4. The summed E-state index contributed by atoms with van der Waals surface area (Å²) >= 11 is 5.47. The van der Waals surface area contributed by atoms with Gasteiger partial charge in [-0.25, -0.2) is 4.79 Å². The van der Waals surface area contributed by atoms with Gasteiger partial charge in [0.15, 0.2) is 5.11 Å². The maximum absolute atomic E-state index is 12.3. The molecule has 0 spiro atoms. The molecule has 0 saturated carbocycles. The minimum atomic E-state index is -4.72. The maximum atomic E-state index is 12.3. The van der Waals surface area contributed by atoms with E-state index in [4.69, 9.17) is 16.6 Å². The second kappa shape index (κ2) is 10.0. The van der Waals surface area contributed by atoms with Gasteiger partial charge in [-0.3, -0.25) is 4.90 Å². The number of benzene rings is 1. The normalized spacial score (nSPS) is 15.3. The van der Waals surface area contributed by atoms with E-state index in [9.17, 15) is 18.0 Å². The van der Waals surface area contributed by atoms with Crippen LogP contribution in [0.3, 0.4) is 0 Å². The number of hydrogen-bond acceptors (Lipinski definition) is 6. The highest BCUT2D eigenvalue weighted by Crippen LogP contribution is 2.24. The van der Waals surface area contributed by atoms with Gasteiger partial charge in [0.25, 0.3) is 0 Å². The van der Waals surface area contributed by atoms with Crippen LogP contribution in [-0.2, 0) is 11.3 Å². The van der Waals surface area contributed by atoms with Crippen LogP contribution in [0.4, 0.5) is 18.9 Å². The predicted molar refractivity (Wildman–Crippen MR) is 111 cm³/mol. The molecule has 1 N–H and O–H groups in total. The average molecular weight is 457 g/mol. The summed E-state index contributed by atoms with van der Waals surface area (Å²) in [6.45, 7) is 3.53. The van der Waals surface area contributed by atoms with Crippen LogP contribution in [0.1, 0.15) is 22.7 Å². The Balaban J connectivity index is 1.50. The van der Waals surface area contributed by atoms with Crippen molar-refractivity contribution in [3.63, 3.8) is 0 Å². The number of alkyl halides is 3. The Hall–Kier alpha value is -2.79. The number of nitrogens with one attached hydrogen (secondary N) is 1. The van der Waals surface area contributed by atoms with Gasteiger partial charge in [-0.2, -0.15) is 0 Å². The number of carbonyl (C=O) groups is 1. The molecule has 3 rings (SSSR count). The second-order valence-corrected chi connectivity index (χ2v) is 7.26. The van der Waals surface area contributed by atoms with Gasteiger partial charge in [0, 0.05) is 31.9 Å². The number of methoxy groups -OCH3 is 1. The van der Waals surface area contributed by atoms with Crippen molar-refractivity contribution in [3.8, 4) is 5.75 Å². The Morgan fingerprint density at radius 3 is 2.55 bits per heavy atom. The summed E-state index contributed by atoms with van der Waals surface area (Å²) < 4.78 is 50.8. The van der Waals surface area contributed by atoms with Crippen molar-refractivity contribution in [1.29, 1.82) is 0 Å². The van der Waals surface area contributed by atoms with Crippen LogP contribution in [0.5, 0.6) is 5.75 Å². The number of ether oxygens (including phenoxy) is 2. The smallest absolute Gasteiger partial charge is 0.463 e. The van der Waals surface area contributed by atoms with Gasteiger partial charge >= 0.3 is 12.3 Å². The molecule has 1 aromatic heterocycles. The molecule has 1 fully saturated rings. The molecule has 0 bridgehead atoms. The molecule has 11 heteroatoms. The van der Waals surface area contributed by atoms with Crippen molar-refractivity contribution in [2.24, 2.45) is 0 Å². The van der Waals surface area contributed by atoms with Gasteiger partial charge in [-0.05, 0) is 55.0 Å². The third-order valence-electron chi connectivity index (χ3n) is 4.64. The van der Waals surface area contributed by atoms with Crippen LogP contribution in [0, 0.1) is 0 Å². The predicted octanol–water partition coefficient (Wildman–Crippen LogP) is 3.87. The summed E-state index contributed by atoms with van der Waals surface area (Å²) in [6, 6.07) is 8.77. The zero-order valence-corrected chi connectivity index (χ0v) is 17.6. The average Bonchev–Trinajstić information content (AvgIpc) is 3.05. The molecule has 0 amide bonds. The van der Waals surface area contributed by atoms with Crippen LogP contribution in [0.2, 0.25) is 0 Å². The molecule has 0 atom stereocenters. The van der Waals surface area contributed by atoms with Gasteiger partial charge in [-0.1, -0.05) is 0 Å². The molecule has 7 nitrogen and oxygen atoms in total. The zero-order valence-electron chi connectivity index (χ0n) is 16.8. The van der Waals surface area contributed by atoms with Crippen molar-refractivity contribution < 1.29 is 31.9 Å². The van der Waals surface area contributed by atoms with Crippen molar-refractivity contribution in [2.45, 2.75) is 19.3 Å². The van der Waals surface area contributed by atoms with Crippen LogP contribution in [0.25, 0.3) is 0 Å². The van der Waals surface area contributed by atoms with E-state index in [0.29, 0.717) is 29.6 Å². The Bertz CT molecular complexity index is 902. The van der Waals surface area contributed by atoms with Crippen molar-refractivity contribution in [1.82, 2.24) is 9.80 Å². The molecular formula is C20H22F3N3O4S. The van der Waals surface area contributed by atoms with Gasteiger partial charge in [0.05, 0.1) is 13.7 Å². The number of rotatable bonds is 5. The topological polar surface area (TPSA) is 67.2 Å². The van der Waals surface area contributed by atoms with E-state index >= 15 is 0 Å². The molecule has 2 heterocycles. The highest BCUT2D eigenvalue weighted by molar-refractivity contribution is 7.80. The molecule has 1 aliphatic heterocycles. The number of carbonyl (C=O) groups excluding carboxylic acids is 1. The molecule has 31 heavy (non-hydrogen) atoms.